The van der Waals surface area contributed by atoms with Gasteiger partial charge in [0.1, 0.15) is 0 Å². The van der Waals surface area contributed by atoms with Gasteiger partial charge in [0.05, 0.1) is 18.3 Å². The molecule has 0 spiro atoms. The van der Waals surface area contributed by atoms with Crippen molar-refractivity contribution in [2.75, 3.05) is 13.7 Å². The zero-order chi connectivity index (χ0) is 17.5. The second-order valence-corrected chi connectivity index (χ2v) is 6.01. The molecule has 0 aliphatic rings. The summed E-state index contributed by atoms with van der Waals surface area (Å²) in [5.74, 6) is 0. The highest BCUT2D eigenvalue weighted by Gasteiger charge is 2.21. The quantitative estimate of drug-likeness (QED) is 0.820. The van der Waals surface area contributed by atoms with E-state index in [2.05, 4.69) is 10.4 Å². The molecule has 2 aromatic rings. The van der Waals surface area contributed by atoms with E-state index in [1.807, 2.05) is 50.5 Å². The lowest BCUT2D eigenvalue weighted by Gasteiger charge is -2.28. The zero-order valence-electron chi connectivity index (χ0n) is 14.5. The molecule has 0 saturated carbocycles. The largest absolute Gasteiger partial charge is 0.396 e. The maximum atomic E-state index is 12.6. The van der Waals surface area contributed by atoms with Crippen molar-refractivity contribution in [2.45, 2.75) is 31.8 Å². The van der Waals surface area contributed by atoms with Gasteiger partial charge in [0.15, 0.2) is 0 Å². The van der Waals surface area contributed by atoms with Crippen LogP contribution in [0.4, 0.5) is 4.79 Å². The fourth-order valence-electron chi connectivity index (χ4n) is 2.61. The number of aromatic nitrogens is 2. The topological polar surface area (TPSA) is 70.4 Å². The first-order valence-corrected chi connectivity index (χ1v) is 8.20. The summed E-state index contributed by atoms with van der Waals surface area (Å²) in [6.07, 6.45) is 5.02. The van der Waals surface area contributed by atoms with Crippen molar-refractivity contribution >= 4 is 6.03 Å². The van der Waals surface area contributed by atoms with Crippen molar-refractivity contribution in [2.24, 2.45) is 7.05 Å². The maximum absolute atomic E-state index is 12.6. The molecule has 0 bridgehead atoms. The molecule has 6 nitrogen and oxygen atoms in total. The summed E-state index contributed by atoms with van der Waals surface area (Å²) in [7, 11) is 3.64. The molecule has 2 rings (SSSR count). The van der Waals surface area contributed by atoms with Crippen LogP contribution in [0.3, 0.4) is 0 Å². The summed E-state index contributed by atoms with van der Waals surface area (Å²) in [6, 6.07) is 9.51. The first kappa shape index (κ1) is 18.0. The number of amides is 2. The third-order valence-corrected chi connectivity index (χ3v) is 4.26. The number of urea groups is 1. The van der Waals surface area contributed by atoms with Crippen LogP contribution in [0, 0.1) is 0 Å². The Balaban J connectivity index is 2.06. The van der Waals surface area contributed by atoms with E-state index < -0.39 is 0 Å². The molecule has 1 heterocycles. The van der Waals surface area contributed by atoms with E-state index in [9.17, 15) is 4.79 Å². The molecule has 0 aliphatic heterocycles. The molecule has 0 saturated heterocycles. The molecule has 0 radical (unpaired) electrons. The van der Waals surface area contributed by atoms with E-state index in [0.717, 1.165) is 11.1 Å². The number of nitrogens with zero attached hydrogens (tertiary/aromatic N) is 3. The lowest BCUT2D eigenvalue weighted by atomic mass is 10.0. The lowest BCUT2D eigenvalue weighted by Crippen LogP contribution is -2.40. The van der Waals surface area contributed by atoms with Crippen LogP contribution in [0.25, 0.3) is 0 Å². The molecule has 2 amide bonds. The van der Waals surface area contributed by atoms with Crippen LogP contribution in [0.15, 0.2) is 42.7 Å². The SMILES string of the molecule is CC(c1cnn(C)c1)N(C)C(=O)NC(CCCO)c1ccccc1. The van der Waals surface area contributed by atoms with Crippen LogP contribution in [0.5, 0.6) is 0 Å². The third kappa shape index (κ3) is 4.58. The summed E-state index contributed by atoms with van der Waals surface area (Å²) < 4.78 is 1.73. The third-order valence-electron chi connectivity index (χ3n) is 4.26. The predicted octanol–water partition coefficient (Wildman–Crippen LogP) is 2.64. The van der Waals surface area contributed by atoms with Gasteiger partial charge in [-0.3, -0.25) is 4.68 Å². The number of nitrogens with one attached hydrogen (secondary N) is 1. The number of hydrogen-bond donors (Lipinski definition) is 2. The van der Waals surface area contributed by atoms with Crippen molar-refractivity contribution < 1.29 is 9.90 Å². The van der Waals surface area contributed by atoms with Gasteiger partial charge in [-0.25, -0.2) is 4.79 Å². The van der Waals surface area contributed by atoms with Crippen LogP contribution in [-0.2, 0) is 7.05 Å². The van der Waals surface area contributed by atoms with Crippen LogP contribution in [-0.4, -0.2) is 39.5 Å². The second kappa shape index (κ2) is 8.49. The molecule has 0 aliphatic carbocycles. The molecule has 1 aromatic carbocycles. The Hall–Kier alpha value is -2.34. The minimum atomic E-state index is -0.141. The lowest BCUT2D eigenvalue weighted by molar-refractivity contribution is 0.188. The second-order valence-electron chi connectivity index (χ2n) is 6.01. The van der Waals surface area contributed by atoms with E-state index in [4.69, 9.17) is 5.11 Å². The first-order valence-electron chi connectivity index (χ1n) is 8.20. The number of aliphatic hydroxyl groups is 1. The van der Waals surface area contributed by atoms with Gasteiger partial charge in [-0.2, -0.15) is 5.10 Å². The predicted molar refractivity (Wildman–Crippen MR) is 93.4 cm³/mol. The number of aryl methyl sites for hydroxylation is 1. The summed E-state index contributed by atoms with van der Waals surface area (Å²) in [5, 5.41) is 16.3. The minimum absolute atomic E-state index is 0.0760. The number of hydrogen-bond acceptors (Lipinski definition) is 3. The average Bonchev–Trinajstić information content (AvgIpc) is 3.04. The van der Waals surface area contributed by atoms with Gasteiger partial charge in [0.2, 0.25) is 0 Å². The van der Waals surface area contributed by atoms with Gasteiger partial charge in [-0.15, -0.1) is 0 Å². The number of carbonyl (C=O) groups is 1. The monoisotopic (exact) mass is 330 g/mol. The van der Waals surface area contributed by atoms with Crippen molar-refractivity contribution in [3.8, 4) is 0 Å². The van der Waals surface area contributed by atoms with Gasteiger partial charge in [-0.1, -0.05) is 30.3 Å². The smallest absolute Gasteiger partial charge is 0.318 e. The summed E-state index contributed by atoms with van der Waals surface area (Å²) >= 11 is 0. The highest BCUT2D eigenvalue weighted by Crippen LogP contribution is 2.21. The Morgan fingerprint density at radius 2 is 2.04 bits per heavy atom. The van der Waals surface area contributed by atoms with Gasteiger partial charge in [0, 0.05) is 32.5 Å². The highest BCUT2D eigenvalue weighted by molar-refractivity contribution is 5.75. The Bertz CT molecular complexity index is 641. The van der Waals surface area contributed by atoms with E-state index in [0.29, 0.717) is 12.8 Å². The van der Waals surface area contributed by atoms with Crippen molar-refractivity contribution in [3.63, 3.8) is 0 Å². The van der Waals surface area contributed by atoms with Crippen LogP contribution >= 0.6 is 0 Å². The number of rotatable bonds is 7. The Kier molecular flexibility index (Phi) is 6.37. The molecular weight excluding hydrogens is 304 g/mol. The fraction of sp³-hybridized carbons (Fsp3) is 0.444. The summed E-state index contributed by atoms with van der Waals surface area (Å²) in [6.45, 7) is 2.09. The molecular formula is C18H26N4O2. The highest BCUT2D eigenvalue weighted by atomic mass is 16.3. The van der Waals surface area contributed by atoms with Crippen molar-refractivity contribution in [1.29, 1.82) is 0 Å². The number of aliphatic hydroxyl groups excluding tert-OH is 1. The standard InChI is InChI=1S/C18H26N4O2/c1-14(16-12-19-21(2)13-16)22(3)18(24)20-17(10-7-11-23)15-8-5-4-6-9-15/h4-6,8-9,12-14,17,23H,7,10-11H2,1-3H3,(H,20,24). The van der Waals surface area contributed by atoms with Gasteiger partial charge in [-0.05, 0) is 25.3 Å². The van der Waals surface area contributed by atoms with E-state index in [1.54, 1.807) is 22.8 Å². The minimum Gasteiger partial charge on any atom is -0.396 e. The van der Waals surface area contributed by atoms with Crippen LogP contribution < -0.4 is 5.32 Å². The summed E-state index contributed by atoms with van der Waals surface area (Å²) in [4.78, 5) is 14.3. The maximum Gasteiger partial charge on any atom is 0.318 e. The van der Waals surface area contributed by atoms with Crippen molar-refractivity contribution in [3.05, 3.63) is 53.9 Å². The molecule has 6 heteroatoms. The Morgan fingerprint density at radius 3 is 2.62 bits per heavy atom. The van der Waals surface area contributed by atoms with Gasteiger partial charge < -0.3 is 15.3 Å². The van der Waals surface area contributed by atoms with E-state index in [-0.39, 0.29) is 24.7 Å². The molecule has 2 unspecified atom stereocenters. The van der Waals surface area contributed by atoms with Gasteiger partial charge in [0.25, 0.3) is 0 Å². The number of carbonyl (C=O) groups excluding carboxylic acids is 1. The molecule has 130 valence electrons. The van der Waals surface area contributed by atoms with Gasteiger partial charge >= 0.3 is 6.03 Å². The normalized spacial score (nSPS) is 13.3. The van der Waals surface area contributed by atoms with Crippen LogP contribution in [0.1, 0.15) is 43.0 Å². The summed E-state index contributed by atoms with van der Waals surface area (Å²) in [5.41, 5.74) is 2.03. The van der Waals surface area contributed by atoms with E-state index in [1.165, 1.54) is 0 Å². The molecule has 2 atom stereocenters. The molecule has 0 fully saturated rings. The Labute approximate surface area is 143 Å². The Morgan fingerprint density at radius 1 is 1.33 bits per heavy atom. The molecule has 1 aromatic heterocycles. The van der Waals surface area contributed by atoms with E-state index >= 15 is 0 Å². The van der Waals surface area contributed by atoms with Crippen molar-refractivity contribution in [1.82, 2.24) is 20.0 Å². The first-order chi connectivity index (χ1) is 11.5. The molecule has 2 N–H and O–H groups in total. The molecule has 24 heavy (non-hydrogen) atoms. The van der Waals surface area contributed by atoms with Crippen LogP contribution in [0.2, 0.25) is 0 Å². The number of benzene rings is 1. The zero-order valence-corrected chi connectivity index (χ0v) is 14.5. The average molecular weight is 330 g/mol. The fourth-order valence-corrected chi connectivity index (χ4v) is 2.61.